The molecular weight excluding hydrogens is 328 g/mol. The van der Waals surface area contributed by atoms with Gasteiger partial charge in [0.15, 0.2) is 11.6 Å². The molecular formula is C18H19F2N3O2. The molecule has 0 aliphatic carbocycles. The van der Waals surface area contributed by atoms with Crippen LogP contribution in [0.1, 0.15) is 41.2 Å². The Bertz CT molecular complexity index is 779. The Hall–Kier alpha value is -2.83. The fourth-order valence-corrected chi connectivity index (χ4v) is 2.02. The molecule has 0 aliphatic heterocycles. The summed E-state index contributed by atoms with van der Waals surface area (Å²) in [4.78, 5) is 28.2. The quantitative estimate of drug-likeness (QED) is 0.841. The Labute approximate surface area is 144 Å². The van der Waals surface area contributed by atoms with E-state index in [0.717, 1.165) is 18.6 Å². The number of aromatic nitrogens is 1. The number of anilines is 1. The van der Waals surface area contributed by atoms with E-state index >= 15 is 0 Å². The average molecular weight is 347 g/mol. The van der Waals surface area contributed by atoms with E-state index in [2.05, 4.69) is 15.6 Å². The molecule has 2 N–H and O–H groups in total. The van der Waals surface area contributed by atoms with Crippen molar-refractivity contribution >= 4 is 17.5 Å². The third kappa shape index (κ3) is 5.34. The van der Waals surface area contributed by atoms with Crippen LogP contribution >= 0.6 is 0 Å². The van der Waals surface area contributed by atoms with Crippen molar-refractivity contribution in [2.24, 2.45) is 5.92 Å². The lowest BCUT2D eigenvalue weighted by Crippen LogP contribution is -2.27. The van der Waals surface area contributed by atoms with Crippen LogP contribution in [0.4, 0.5) is 14.5 Å². The van der Waals surface area contributed by atoms with Crippen molar-refractivity contribution in [3.63, 3.8) is 0 Å². The third-order valence-corrected chi connectivity index (χ3v) is 3.40. The van der Waals surface area contributed by atoms with Gasteiger partial charge in [-0.3, -0.25) is 9.59 Å². The number of nitrogens with one attached hydrogen (secondary N) is 2. The second-order valence-electron chi connectivity index (χ2n) is 5.93. The van der Waals surface area contributed by atoms with Crippen LogP contribution in [0.2, 0.25) is 0 Å². The summed E-state index contributed by atoms with van der Waals surface area (Å²) in [5.74, 6) is -2.60. The molecule has 1 heterocycles. The van der Waals surface area contributed by atoms with E-state index in [0.29, 0.717) is 12.5 Å². The molecule has 0 saturated carbocycles. The Morgan fingerprint density at radius 3 is 2.36 bits per heavy atom. The zero-order valence-corrected chi connectivity index (χ0v) is 14.0. The lowest BCUT2D eigenvalue weighted by molar-refractivity contribution is 0.0947. The van der Waals surface area contributed by atoms with Crippen LogP contribution in [0.25, 0.3) is 0 Å². The Balaban J connectivity index is 2.05. The van der Waals surface area contributed by atoms with Gasteiger partial charge in [0, 0.05) is 18.3 Å². The first-order valence-corrected chi connectivity index (χ1v) is 7.88. The number of hydrogen-bond donors (Lipinski definition) is 2. The predicted octanol–water partition coefficient (Wildman–Crippen LogP) is 3.39. The van der Waals surface area contributed by atoms with Gasteiger partial charge >= 0.3 is 0 Å². The summed E-state index contributed by atoms with van der Waals surface area (Å²) in [5, 5.41) is 5.15. The minimum atomic E-state index is -1.07. The molecule has 5 nitrogen and oxygen atoms in total. The van der Waals surface area contributed by atoms with Gasteiger partial charge in [-0.2, -0.15) is 0 Å². The highest BCUT2D eigenvalue weighted by Gasteiger charge is 2.13. The average Bonchev–Trinajstić information content (AvgIpc) is 2.58. The normalized spacial score (nSPS) is 10.6. The SMILES string of the molecule is CC(C)CCNC(=O)c1cccc(C(=O)Nc2ccc(F)c(F)c2)n1. The van der Waals surface area contributed by atoms with Gasteiger partial charge in [-0.15, -0.1) is 0 Å². The van der Waals surface area contributed by atoms with Crippen LogP contribution in [0.15, 0.2) is 36.4 Å². The van der Waals surface area contributed by atoms with E-state index in [1.807, 2.05) is 13.8 Å². The van der Waals surface area contributed by atoms with Crippen LogP contribution in [0.5, 0.6) is 0 Å². The fourth-order valence-electron chi connectivity index (χ4n) is 2.02. The topological polar surface area (TPSA) is 71.1 Å². The summed E-state index contributed by atoms with van der Waals surface area (Å²) in [6, 6.07) is 7.48. The van der Waals surface area contributed by atoms with Crippen LogP contribution in [0, 0.1) is 17.6 Å². The molecule has 0 atom stereocenters. The summed E-state index contributed by atoms with van der Waals surface area (Å²) in [6.07, 6.45) is 0.835. The van der Waals surface area contributed by atoms with Crippen molar-refractivity contribution in [2.75, 3.05) is 11.9 Å². The molecule has 7 heteroatoms. The fraction of sp³-hybridized carbons (Fsp3) is 0.278. The molecule has 0 saturated heterocycles. The zero-order chi connectivity index (χ0) is 18.4. The summed E-state index contributed by atoms with van der Waals surface area (Å²) in [5.41, 5.74) is 0.209. The van der Waals surface area contributed by atoms with E-state index in [-0.39, 0.29) is 23.0 Å². The molecule has 0 fully saturated rings. The number of benzene rings is 1. The molecule has 0 spiro atoms. The first kappa shape index (κ1) is 18.5. The standard InChI is InChI=1S/C18H19F2N3O2/c1-11(2)8-9-21-17(24)15-4-3-5-16(23-15)18(25)22-12-6-7-13(19)14(20)10-12/h3-7,10-11H,8-9H2,1-2H3,(H,21,24)(H,22,25). The highest BCUT2D eigenvalue weighted by Crippen LogP contribution is 2.14. The molecule has 2 rings (SSSR count). The highest BCUT2D eigenvalue weighted by molar-refractivity contribution is 6.03. The van der Waals surface area contributed by atoms with E-state index < -0.39 is 17.5 Å². The van der Waals surface area contributed by atoms with Gasteiger partial charge in [0.05, 0.1) is 0 Å². The minimum Gasteiger partial charge on any atom is -0.351 e. The monoisotopic (exact) mass is 347 g/mol. The van der Waals surface area contributed by atoms with Crippen molar-refractivity contribution in [1.82, 2.24) is 10.3 Å². The highest BCUT2D eigenvalue weighted by atomic mass is 19.2. The predicted molar refractivity (Wildman–Crippen MR) is 90.3 cm³/mol. The van der Waals surface area contributed by atoms with Gasteiger partial charge in [0.1, 0.15) is 11.4 Å². The molecule has 0 unspecified atom stereocenters. The maximum Gasteiger partial charge on any atom is 0.274 e. The molecule has 1 aromatic heterocycles. The lowest BCUT2D eigenvalue weighted by atomic mass is 10.1. The van der Waals surface area contributed by atoms with Crippen LogP contribution < -0.4 is 10.6 Å². The van der Waals surface area contributed by atoms with Gasteiger partial charge in [-0.1, -0.05) is 19.9 Å². The molecule has 132 valence electrons. The summed E-state index contributed by atoms with van der Waals surface area (Å²) < 4.78 is 26.1. The number of carbonyl (C=O) groups excluding carboxylic acids is 2. The molecule has 1 aromatic carbocycles. The largest absolute Gasteiger partial charge is 0.351 e. The molecule has 25 heavy (non-hydrogen) atoms. The molecule has 0 bridgehead atoms. The van der Waals surface area contributed by atoms with Crippen molar-refractivity contribution in [1.29, 1.82) is 0 Å². The van der Waals surface area contributed by atoms with Crippen molar-refractivity contribution in [3.8, 4) is 0 Å². The molecule has 2 amide bonds. The third-order valence-electron chi connectivity index (χ3n) is 3.40. The van der Waals surface area contributed by atoms with E-state index in [4.69, 9.17) is 0 Å². The van der Waals surface area contributed by atoms with Crippen LogP contribution in [-0.4, -0.2) is 23.3 Å². The minimum absolute atomic E-state index is 0.00115. The van der Waals surface area contributed by atoms with Gasteiger partial charge in [0.25, 0.3) is 11.8 Å². The van der Waals surface area contributed by atoms with Crippen LogP contribution in [0.3, 0.4) is 0 Å². The van der Waals surface area contributed by atoms with E-state index in [1.165, 1.54) is 24.3 Å². The van der Waals surface area contributed by atoms with E-state index in [1.54, 1.807) is 0 Å². The van der Waals surface area contributed by atoms with Gasteiger partial charge < -0.3 is 10.6 Å². The number of hydrogen-bond acceptors (Lipinski definition) is 3. The first-order chi connectivity index (χ1) is 11.9. The molecule has 0 radical (unpaired) electrons. The Morgan fingerprint density at radius 2 is 1.72 bits per heavy atom. The van der Waals surface area contributed by atoms with Gasteiger partial charge in [0.2, 0.25) is 0 Å². The lowest BCUT2D eigenvalue weighted by Gasteiger charge is -2.08. The maximum absolute atomic E-state index is 13.2. The van der Waals surface area contributed by atoms with Gasteiger partial charge in [-0.25, -0.2) is 13.8 Å². The number of nitrogens with zero attached hydrogens (tertiary/aromatic N) is 1. The first-order valence-electron chi connectivity index (χ1n) is 7.88. The maximum atomic E-state index is 13.2. The summed E-state index contributed by atoms with van der Waals surface area (Å²) in [6.45, 7) is 4.62. The Kier molecular flexibility index (Phi) is 6.16. The van der Waals surface area contributed by atoms with Crippen molar-refractivity contribution in [2.45, 2.75) is 20.3 Å². The molecule has 0 aliphatic rings. The zero-order valence-electron chi connectivity index (χ0n) is 14.0. The van der Waals surface area contributed by atoms with Crippen molar-refractivity contribution < 1.29 is 18.4 Å². The Morgan fingerprint density at radius 1 is 1.04 bits per heavy atom. The van der Waals surface area contributed by atoms with E-state index in [9.17, 15) is 18.4 Å². The summed E-state index contributed by atoms with van der Waals surface area (Å²) in [7, 11) is 0. The number of carbonyl (C=O) groups is 2. The number of rotatable bonds is 6. The molecule has 2 aromatic rings. The summed E-state index contributed by atoms with van der Waals surface area (Å²) >= 11 is 0. The second-order valence-corrected chi connectivity index (χ2v) is 5.93. The number of amides is 2. The van der Waals surface area contributed by atoms with Crippen LogP contribution in [-0.2, 0) is 0 Å². The van der Waals surface area contributed by atoms with Gasteiger partial charge in [-0.05, 0) is 36.6 Å². The number of halogens is 2. The van der Waals surface area contributed by atoms with Crippen molar-refractivity contribution in [3.05, 3.63) is 59.4 Å². The second kappa shape index (κ2) is 8.32. The number of pyridine rings is 1. The smallest absolute Gasteiger partial charge is 0.274 e.